The van der Waals surface area contributed by atoms with Crippen molar-refractivity contribution in [3.05, 3.63) is 65.2 Å². The second-order valence-corrected chi connectivity index (χ2v) is 8.49. The van der Waals surface area contributed by atoms with Crippen LogP contribution >= 0.6 is 0 Å². The van der Waals surface area contributed by atoms with Gasteiger partial charge in [-0.15, -0.1) is 0 Å². The number of anilines is 1. The van der Waals surface area contributed by atoms with Crippen LogP contribution in [0.2, 0.25) is 0 Å². The Morgan fingerprint density at radius 3 is 2.50 bits per heavy atom. The zero-order valence-electron chi connectivity index (χ0n) is 17.8. The standard InChI is InChI=1S/C25H30N2O3/c1-18-10-12-19(13-11-18)26-23(28)22-20-8-4-5-9-21(20)24(29)27(16-17-30-2)25(22)14-6-3-7-15-25/h4-5,8-13,22H,3,6-7,14-17H2,1-2H3,(H,26,28)/t22-/m1/s1. The monoisotopic (exact) mass is 406 g/mol. The number of fused-ring (bicyclic) bond motifs is 1. The number of hydrogen-bond acceptors (Lipinski definition) is 3. The first-order valence-electron chi connectivity index (χ1n) is 10.8. The number of hydrogen-bond donors (Lipinski definition) is 1. The van der Waals surface area contributed by atoms with Gasteiger partial charge in [-0.05, 0) is 43.5 Å². The first-order valence-corrected chi connectivity index (χ1v) is 10.8. The van der Waals surface area contributed by atoms with E-state index in [1.54, 1.807) is 7.11 Å². The van der Waals surface area contributed by atoms with Gasteiger partial charge in [0.05, 0.1) is 18.1 Å². The number of rotatable bonds is 5. The molecule has 30 heavy (non-hydrogen) atoms. The van der Waals surface area contributed by atoms with Crippen molar-refractivity contribution in [2.24, 2.45) is 0 Å². The van der Waals surface area contributed by atoms with E-state index in [0.717, 1.165) is 48.9 Å². The first kappa shape index (κ1) is 20.6. The third kappa shape index (κ3) is 3.63. The predicted octanol–water partition coefficient (Wildman–Crippen LogP) is 4.52. The molecule has 1 spiro atoms. The zero-order chi connectivity index (χ0) is 21.1. The molecule has 0 radical (unpaired) electrons. The fourth-order valence-electron chi connectivity index (χ4n) is 5.20. The molecule has 1 aliphatic heterocycles. The highest BCUT2D eigenvalue weighted by molar-refractivity contribution is 6.05. The van der Waals surface area contributed by atoms with E-state index in [9.17, 15) is 9.59 Å². The fraction of sp³-hybridized carbons (Fsp3) is 0.440. The Kier molecular flexibility index (Phi) is 5.91. The lowest BCUT2D eigenvalue weighted by Crippen LogP contribution is -2.62. The van der Waals surface area contributed by atoms with Crippen molar-refractivity contribution in [2.45, 2.75) is 50.5 Å². The Balaban J connectivity index is 1.79. The van der Waals surface area contributed by atoms with Crippen LogP contribution < -0.4 is 5.32 Å². The van der Waals surface area contributed by atoms with Gasteiger partial charge >= 0.3 is 0 Å². The molecule has 2 amide bonds. The number of carbonyl (C=O) groups is 2. The van der Waals surface area contributed by atoms with Gasteiger partial charge in [-0.1, -0.05) is 55.2 Å². The SMILES string of the molecule is COCCN1C(=O)c2ccccc2[C@H](C(=O)Nc2ccc(C)cc2)C12CCCCC2. The van der Waals surface area contributed by atoms with E-state index in [4.69, 9.17) is 4.74 Å². The number of amides is 2. The molecule has 0 aromatic heterocycles. The van der Waals surface area contributed by atoms with Gasteiger partial charge in [-0.25, -0.2) is 0 Å². The summed E-state index contributed by atoms with van der Waals surface area (Å²) in [6.45, 7) is 2.99. The highest BCUT2D eigenvalue weighted by Crippen LogP contribution is 2.49. The topological polar surface area (TPSA) is 58.6 Å². The summed E-state index contributed by atoms with van der Waals surface area (Å²) in [6, 6.07) is 15.5. The van der Waals surface area contributed by atoms with Crippen molar-refractivity contribution < 1.29 is 14.3 Å². The third-order valence-corrected chi connectivity index (χ3v) is 6.64. The summed E-state index contributed by atoms with van der Waals surface area (Å²) in [6.07, 6.45) is 4.86. The van der Waals surface area contributed by atoms with Crippen LogP contribution in [0.1, 0.15) is 59.5 Å². The van der Waals surface area contributed by atoms with Crippen molar-refractivity contribution in [2.75, 3.05) is 25.6 Å². The Bertz CT molecular complexity index is 916. The smallest absolute Gasteiger partial charge is 0.254 e. The lowest BCUT2D eigenvalue weighted by atomic mass is 9.65. The van der Waals surface area contributed by atoms with E-state index in [0.29, 0.717) is 18.7 Å². The minimum atomic E-state index is -0.503. The summed E-state index contributed by atoms with van der Waals surface area (Å²) in [7, 11) is 1.65. The van der Waals surface area contributed by atoms with Crippen LogP contribution in [0.4, 0.5) is 5.69 Å². The van der Waals surface area contributed by atoms with Crippen LogP contribution in [-0.4, -0.2) is 42.5 Å². The highest BCUT2D eigenvalue weighted by atomic mass is 16.5. The van der Waals surface area contributed by atoms with Gasteiger partial charge in [0.25, 0.3) is 5.91 Å². The second-order valence-electron chi connectivity index (χ2n) is 8.49. The quantitative estimate of drug-likeness (QED) is 0.794. The molecule has 0 unspecified atom stereocenters. The molecule has 2 aromatic rings. The van der Waals surface area contributed by atoms with Crippen molar-refractivity contribution in [1.29, 1.82) is 0 Å². The number of nitrogens with zero attached hydrogens (tertiary/aromatic N) is 1. The Morgan fingerprint density at radius 2 is 1.80 bits per heavy atom. The minimum absolute atomic E-state index is 0.0175. The number of ether oxygens (including phenoxy) is 1. The van der Waals surface area contributed by atoms with E-state index in [2.05, 4.69) is 5.32 Å². The van der Waals surface area contributed by atoms with Crippen molar-refractivity contribution >= 4 is 17.5 Å². The molecule has 5 heteroatoms. The van der Waals surface area contributed by atoms with Crippen molar-refractivity contribution in [3.63, 3.8) is 0 Å². The third-order valence-electron chi connectivity index (χ3n) is 6.64. The highest BCUT2D eigenvalue weighted by Gasteiger charge is 2.54. The van der Waals surface area contributed by atoms with Crippen LogP contribution in [0.5, 0.6) is 0 Å². The summed E-state index contributed by atoms with van der Waals surface area (Å²) in [5.74, 6) is -0.420. The van der Waals surface area contributed by atoms with Gasteiger partial charge < -0.3 is 15.0 Å². The number of methoxy groups -OCH3 is 1. The van der Waals surface area contributed by atoms with Crippen LogP contribution in [-0.2, 0) is 9.53 Å². The summed E-state index contributed by atoms with van der Waals surface area (Å²) >= 11 is 0. The Morgan fingerprint density at radius 1 is 1.10 bits per heavy atom. The largest absolute Gasteiger partial charge is 0.383 e. The van der Waals surface area contributed by atoms with E-state index in [-0.39, 0.29) is 11.8 Å². The number of nitrogens with one attached hydrogen (secondary N) is 1. The minimum Gasteiger partial charge on any atom is -0.383 e. The van der Waals surface area contributed by atoms with Gasteiger partial charge in [0.2, 0.25) is 5.91 Å². The molecule has 1 heterocycles. The van der Waals surface area contributed by atoms with Gasteiger partial charge in [-0.3, -0.25) is 9.59 Å². The molecule has 158 valence electrons. The number of aryl methyl sites for hydroxylation is 1. The van der Waals surface area contributed by atoms with E-state index in [1.807, 2.05) is 60.4 Å². The van der Waals surface area contributed by atoms with E-state index < -0.39 is 11.5 Å². The molecular weight excluding hydrogens is 376 g/mol. The van der Waals surface area contributed by atoms with E-state index >= 15 is 0 Å². The van der Waals surface area contributed by atoms with Gasteiger partial charge in [0.15, 0.2) is 0 Å². The average Bonchev–Trinajstić information content (AvgIpc) is 2.76. The van der Waals surface area contributed by atoms with Crippen LogP contribution in [0.25, 0.3) is 0 Å². The molecule has 4 rings (SSSR count). The molecule has 2 aliphatic rings. The van der Waals surface area contributed by atoms with Crippen molar-refractivity contribution in [1.82, 2.24) is 4.90 Å². The van der Waals surface area contributed by atoms with Gasteiger partial charge in [0.1, 0.15) is 0 Å². The second kappa shape index (κ2) is 8.60. The van der Waals surface area contributed by atoms with Crippen LogP contribution in [0.3, 0.4) is 0 Å². The molecule has 1 N–H and O–H groups in total. The maximum Gasteiger partial charge on any atom is 0.254 e. The van der Waals surface area contributed by atoms with E-state index in [1.165, 1.54) is 0 Å². The summed E-state index contributed by atoms with van der Waals surface area (Å²) in [5, 5.41) is 3.13. The maximum atomic E-state index is 13.7. The van der Waals surface area contributed by atoms with Crippen LogP contribution in [0, 0.1) is 6.92 Å². The lowest BCUT2D eigenvalue weighted by molar-refractivity contribution is -0.122. The maximum absolute atomic E-state index is 13.7. The molecule has 0 saturated heterocycles. The number of benzene rings is 2. The summed E-state index contributed by atoms with van der Waals surface area (Å²) in [5.41, 5.74) is 2.92. The van der Waals surface area contributed by atoms with Crippen LogP contribution in [0.15, 0.2) is 48.5 Å². The summed E-state index contributed by atoms with van der Waals surface area (Å²) in [4.78, 5) is 29.2. The lowest BCUT2D eigenvalue weighted by Gasteiger charge is -2.53. The normalized spacial score (nSPS) is 20.1. The molecule has 1 fully saturated rings. The molecule has 1 saturated carbocycles. The summed E-state index contributed by atoms with van der Waals surface area (Å²) < 4.78 is 5.32. The van der Waals surface area contributed by atoms with Gasteiger partial charge in [-0.2, -0.15) is 0 Å². The zero-order valence-corrected chi connectivity index (χ0v) is 17.8. The Hall–Kier alpha value is -2.66. The van der Waals surface area contributed by atoms with Gasteiger partial charge in [0, 0.05) is 24.9 Å². The first-order chi connectivity index (χ1) is 14.6. The molecule has 2 aromatic carbocycles. The fourth-order valence-corrected chi connectivity index (χ4v) is 5.20. The Labute approximate surface area is 178 Å². The molecule has 1 atom stereocenters. The molecule has 0 bridgehead atoms. The predicted molar refractivity (Wildman–Crippen MR) is 118 cm³/mol. The molecular formula is C25H30N2O3. The average molecular weight is 407 g/mol. The molecule has 5 nitrogen and oxygen atoms in total. The molecule has 1 aliphatic carbocycles. The van der Waals surface area contributed by atoms with Crippen molar-refractivity contribution in [3.8, 4) is 0 Å². The number of carbonyl (C=O) groups excluding carboxylic acids is 2.